The number of aryl methyl sites for hydroxylation is 3. The first-order valence-electron chi connectivity index (χ1n) is 11.7. The number of hydrogen-bond acceptors (Lipinski definition) is 5. The number of aliphatic hydroxyl groups is 1. The second kappa shape index (κ2) is 8.02. The summed E-state index contributed by atoms with van der Waals surface area (Å²) in [5.74, 6) is -0.629. The Labute approximate surface area is 207 Å². The smallest absolute Gasteiger partial charge is 0.300 e. The summed E-state index contributed by atoms with van der Waals surface area (Å²) in [7, 11) is 1.92. The number of aliphatic hydroxyl groups excluding tert-OH is 1. The minimum absolute atomic E-state index is 0.0365. The Morgan fingerprint density at radius 3 is 2.44 bits per heavy atom. The molecule has 1 unspecified atom stereocenters. The lowest BCUT2D eigenvalue weighted by Crippen LogP contribution is -2.29. The number of amides is 1. The molecule has 0 spiro atoms. The molecule has 7 nitrogen and oxygen atoms in total. The van der Waals surface area contributed by atoms with E-state index in [9.17, 15) is 14.7 Å². The second-order valence-corrected chi connectivity index (χ2v) is 9.30. The van der Waals surface area contributed by atoms with Gasteiger partial charge in [0.05, 0.1) is 11.6 Å². The van der Waals surface area contributed by atoms with Gasteiger partial charge in [0.25, 0.3) is 11.7 Å². The fourth-order valence-electron chi connectivity index (χ4n) is 5.27. The lowest BCUT2D eigenvalue weighted by Gasteiger charge is -2.25. The number of anilines is 1. The summed E-state index contributed by atoms with van der Waals surface area (Å²) in [6.07, 6.45) is 1.92. The summed E-state index contributed by atoms with van der Waals surface area (Å²) in [5.41, 5.74) is 4.68. The van der Waals surface area contributed by atoms with Gasteiger partial charge < -0.3 is 19.1 Å². The van der Waals surface area contributed by atoms with Crippen LogP contribution in [0.15, 0.2) is 72.4 Å². The van der Waals surface area contributed by atoms with E-state index in [0.717, 1.165) is 27.6 Å². The summed E-state index contributed by atoms with van der Waals surface area (Å²) in [5, 5.41) is 12.4. The Balaban J connectivity index is 1.62. The average Bonchev–Trinajstić information content (AvgIpc) is 3.53. The molecule has 180 valence electrons. The normalized spacial score (nSPS) is 18.4. The Morgan fingerprint density at radius 2 is 1.67 bits per heavy atom. The van der Waals surface area contributed by atoms with Crippen molar-refractivity contribution < 1.29 is 24.2 Å². The predicted octanol–water partition coefficient (Wildman–Crippen LogP) is 5.15. The van der Waals surface area contributed by atoms with Gasteiger partial charge in [0.15, 0.2) is 11.5 Å². The maximum absolute atomic E-state index is 13.6. The fourth-order valence-corrected chi connectivity index (χ4v) is 5.27. The SMILES string of the molecule is Cc1cc(C)cc(N2C(=O)C(=O)/C(=C(/O)c3ccc4c(c3)OCO4)C2c2cn(C)c3ccccc23)c1. The number of Topliss-reactive ketones (excluding diaryl/α,β-unsaturated/α-hetero) is 1. The minimum atomic E-state index is -0.817. The highest BCUT2D eigenvalue weighted by Gasteiger charge is 2.48. The van der Waals surface area contributed by atoms with Crippen LogP contribution in [0.5, 0.6) is 11.5 Å². The van der Waals surface area contributed by atoms with Gasteiger partial charge in [0.1, 0.15) is 5.76 Å². The molecule has 3 heterocycles. The molecule has 3 aromatic carbocycles. The van der Waals surface area contributed by atoms with Crippen LogP contribution < -0.4 is 14.4 Å². The third-order valence-electron chi connectivity index (χ3n) is 6.80. The van der Waals surface area contributed by atoms with Crippen molar-refractivity contribution in [1.29, 1.82) is 0 Å². The molecule has 2 aliphatic heterocycles. The largest absolute Gasteiger partial charge is 0.507 e. The van der Waals surface area contributed by atoms with E-state index in [4.69, 9.17) is 9.47 Å². The number of hydrogen-bond donors (Lipinski definition) is 1. The molecule has 0 saturated carbocycles. The van der Waals surface area contributed by atoms with E-state index in [-0.39, 0.29) is 18.1 Å². The number of carbonyl (C=O) groups excluding carboxylic acids is 2. The molecule has 1 aromatic heterocycles. The Kier molecular flexibility index (Phi) is 4.89. The van der Waals surface area contributed by atoms with Gasteiger partial charge in [-0.3, -0.25) is 14.5 Å². The summed E-state index contributed by atoms with van der Waals surface area (Å²) in [4.78, 5) is 28.6. The molecule has 1 saturated heterocycles. The van der Waals surface area contributed by atoms with Crippen molar-refractivity contribution in [3.05, 3.63) is 94.7 Å². The number of fused-ring (bicyclic) bond motifs is 2. The lowest BCUT2D eigenvalue weighted by atomic mass is 9.94. The predicted molar refractivity (Wildman–Crippen MR) is 136 cm³/mol. The molecule has 7 heteroatoms. The topological polar surface area (TPSA) is 81.0 Å². The van der Waals surface area contributed by atoms with Crippen LogP contribution in [-0.4, -0.2) is 28.2 Å². The van der Waals surface area contributed by atoms with Crippen molar-refractivity contribution in [3.63, 3.8) is 0 Å². The zero-order valence-corrected chi connectivity index (χ0v) is 20.1. The summed E-state index contributed by atoms with van der Waals surface area (Å²) in [6, 6.07) is 17.8. The zero-order chi connectivity index (χ0) is 25.1. The van der Waals surface area contributed by atoms with Crippen LogP contribution in [0.25, 0.3) is 16.7 Å². The third-order valence-corrected chi connectivity index (χ3v) is 6.80. The Hall–Kier alpha value is -4.52. The number of nitrogens with zero attached hydrogens (tertiary/aromatic N) is 2. The molecule has 6 rings (SSSR count). The van der Waals surface area contributed by atoms with E-state index in [1.54, 1.807) is 18.2 Å². The number of ketones is 1. The number of ether oxygens (including phenoxy) is 2. The van der Waals surface area contributed by atoms with E-state index in [0.29, 0.717) is 22.7 Å². The Morgan fingerprint density at radius 1 is 0.944 bits per heavy atom. The van der Waals surface area contributed by atoms with Gasteiger partial charge >= 0.3 is 0 Å². The molecular weight excluding hydrogens is 456 g/mol. The van der Waals surface area contributed by atoms with E-state index in [1.165, 1.54) is 4.90 Å². The van der Waals surface area contributed by atoms with E-state index in [1.807, 2.05) is 74.1 Å². The standard InChI is InChI=1S/C29H24N2O5/c1-16-10-17(2)12-19(11-16)31-26(21-14-30(3)22-7-5-4-6-20(21)22)25(28(33)29(31)34)27(32)18-8-9-23-24(13-18)36-15-35-23/h4-14,26,32H,15H2,1-3H3/b27-25+. The molecule has 36 heavy (non-hydrogen) atoms. The van der Waals surface area contributed by atoms with Crippen molar-refractivity contribution in [2.24, 2.45) is 7.05 Å². The highest BCUT2D eigenvalue weighted by Crippen LogP contribution is 2.45. The molecule has 1 atom stereocenters. The monoisotopic (exact) mass is 480 g/mol. The van der Waals surface area contributed by atoms with Crippen LogP contribution in [0, 0.1) is 13.8 Å². The number of para-hydroxylation sites is 1. The van der Waals surface area contributed by atoms with Crippen LogP contribution in [0.1, 0.15) is 28.3 Å². The lowest BCUT2D eigenvalue weighted by molar-refractivity contribution is -0.132. The van der Waals surface area contributed by atoms with Gasteiger partial charge in [-0.25, -0.2) is 0 Å². The molecular formula is C29H24N2O5. The quantitative estimate of drug-likeness (QED) is 0.249. The first-order valence-corrected chi connectivity index (χ1v) is 11.7. The zero-order valence-electron chi connectivity index (χ0n) is 20.1. The first kappa shape index (κ1) is 22.0. The van der Waals surface area contributed by atoms with Crippen LogP contribution in [0.4, 0.5) is 5.69 Å². The highest BCUT2D eigenvalue weighted by atomic mass is 16.7. The number of carbonyl (C=O) groups is 2. The molecule has 4 aromatic rings. The van der Waals surface area contributed by atoms with Crippen molar-refractivity contribution in [2.75, 3.05) is 11.7 Å². The fraction of sp³-hybridized carbons (Fsp3) is 0.172. The van der Waals surface area contributed by atoms with Gasteiger partial charge in [0, 0.05) is 41.0 Å². The van der Waals surface area contributed by atoms with Crippen LogP contribution in [0.2, 0.25) is 0 Å². The van der Waals surface area contributed by atoms with Crippen molar-refractivity contribution >= 4 is 34.0 Å². The molecule has 1 N–H and O–H groups in total. The molecule has 0 aliphatic carbocycles. The van der Waals surface area contributed by atoms with Gasteiger partial charge in [-0.15, -0.1) is 0 Å². The molecule has 1 fully saturated rings. The van der Waals surface area contributed by atoms with Gasteiger partial charge in [0.2, 0.25) is 6.79 Å². The van der Waals surface area contributed by atoms with Gasteiger partial charge in [-0.05, 0) is 61.4 Å². The summed E-state index contributed by atoms with van der Waals surface area (Å²) >= 11 is 0. The summed E-state index contributed by atoms with van der Waals surface area (Å²) in [6.45, 7) is 3.99. The van der Waals surface area contributed by atoms with Crippen LogP contribution in [0.3, 0.4) is 0 Å². The number of benzene rings is 3. The van der Waals surface area contributed by atoms with E-state index >= 15 is 0 Å². The first-order chi connectivity index (χ1) is 17.3. The van der Waals surface area contributed by atoms with Gasteiger partial charge in [-0.1, -0.05) is 24.3 Å². The van der Waals surface area contributed by atoms with Gasteiger partial charge in [-0.2, -0.15) is 0 Å². The third kappa shape index (κ3) is 3.27. The molecule has 2 aliphatic rings. The van der Waals surface area contributed by atoms with Crippen LogP contribution >= 0.6 is 0 Å². The number of aromatic nitrogens is 1. The molecule has 0 bridgehead atoms. The summed E-state index contributed by atoms with van der Waals surface area (Å²) < 4.78 is 12.8. The van der Waals surface area contributed by atoms with E-state index in [2.05, 4.69) is 0 Å². The highest BCUT2D eigenvalue weighted by molar-refractivity contribution is 6.52. The maximum atomic E-state index is 13.6. The van der Waals surface area contributed by atoms with Crippen LogP contribution in [-0.2, 0) is 16.6 Å². The Bertz CT molecular complexity index is 1590. The minimum Gasteiger partial charge on any atom is -0.507 e. The van der Waals surface area contributed by atoms with Crippen molar-refractivity contribution in [3.8, 4) is 11.5 Å². The molecule has 0 radical (unpaired) electrons. The number of rotatable bonds is 3. The van der Waals surface area contributed by atoms with Crippen molar-refractivity contribution in [1.82, 2.24) is 4.57 Å². The maximum Gasteiger partial charge on any atom is 0.300 e. The molecule has 1 amide bonds. The second-order valence-electron chi connectivity index (χ2n) is 9.30. The average molecular weight is 481 g/mol. The van der Waals surface area contributed by atoms with Crippen molar-refractivity contribution in [2.45, 2.75) is 19.9 Å². The van der Waals surface area contributed by atoms with E-state index < -0.39 is 17.7 Å².